The van der Waals surface area contributed by atoms with Crippen molar-refractivity contribution < 1.29 is 13.2 Å². The van der Waals surface area contributed by atoms with Gasteiger partial charge in [0.05, 0.1) is 5.75 Å². The second-order valence-corrected chi connectivity index (χ2v) is 7.85. The first-order valence-electron chi connectivity index (χ1n) is 7.25. The zero-order valence-corrected chi connectivity index (χ0v) is 14.4. The van der Waals surface area contributed by atoms with E-state index in [0.717, 1.165) is 18.5 Å². The Morgan fingerprint density at radius 3 is 2.67 bits per heavy atom. The van der Waals surface area contributed by atoms with Crippen LogP contribution in [0.1, 0.15) is 38.8 Å². The van der Waals surface area contributed by atoms with Crippen LogP contribution in [0.4, 0.5) is 0 Å². The number of halogens is 1. The second-order valence-electron chi connectivity index (χ2n) is 4.94. The van der Waals surface area contributed by atoms with Crippen molar-refractivity contribution in [1.82, 2.24) is 5.32 Å². The molecule has 1 N–H and O–H groups in total. The van der Waals surface area contributed by atoms with E-state index in [1.54, 1.807) is 19.1 Å². The second kappa shape index (κ2) is 8.61. The molecule has 21 heavy (non-hydrogen) atoms. The molecule has 0 spiro atoms. The lowest BCUT2D eigenvalue weighted by Gasteiger charge is -2.18. The molecule has 0 radical (unpaired) electrons. The minimum absolute atomic E-state index is 0.0301. The van der Waals surface area contributed by atoms with E-state index in [0.29, 0.717) is 10.8 Å². The van der Waals surface area contributed by atoms with Gasteiger partial charge in [0.15, 0.2) is 9.84 Å². The first-order chi connectivity index (χ1) is 9.89. The molecular formula is C15H24ClNO3S. The van der Waals surface area contributed by atoms with E-state index in [-0.39, 0.29) is 24.2 Å². The molecule has 1 unspecified atom stereocenters. The summed E-state index contributed by atoms with van der Waals surface area (Å²) in [5, 5.41) is 4.02. The third-order valence-corrected chi connectivity index (χ3v) is 5.13. The van der Waals surface area contributed by atoms with E-state index < -0.39 is 9.84 Å². The predicted octanol–water partition coefficient (Wildman–Crippen LogP) is 3.21. The Kier molecular flexibility index (Phi) is 7.49. The molecule has 0 aliphatic rings. The van der Waals surface area contributed by atoms with Crippen molar-refractivity contribution in [1.29, 1.82) is 0 Å². The lowest BCUT2D eigenvalue weighted by atomic mass is 10.1. The van der Waals surface area contributed by atoms with Gasteiger partial charge in [-0.05, 0) is 38.1 Å². The van der Waals surface area contributed by atoms with Gasteiger partial charge < -0.3 is 10.1 Å². The third kappa shape index (κ3) is 6.24. The molecule has 0 aliphatic heterocycles. The van der Waals surface area contributed by atoms with Crippen LogP contribution in [0.3, 0.4) is 0 Å². The number of hydrogen-bond donors (Lipinski definition) is 1. The monoisotopic (exact) mass is 333 g/mol. The quantitative estimate of drug-likeness (QED) is 0.754. The van der Waals surface area contributed by atoms with Gasteiger partial charge in [-0.1, -0.05) is 25.4 Å². The number of nitrogens with one attached hydrogen (secondary N) is 1. The number of benzene rings is 1. The van der Waals surface area contributed by atoms with Crippen molar-refractivity contribution in [3.05, 3.63) is 28.8 Å². The highest BCUT2D eigenvalue weighted by atomic mass is 35.5. The van der Waals surface area contributed by atoms with Gasteiger partial charge in [-0.3, -0.25) is 0 Å². The number of rotatable bonds is 9. The van der Waals surface area contributed by atoms with Crippen molar-refractivity contribution in [2.75, 3.05) is 24.7 Å². The van der Waals surface area contributed by atoms with Gasteiger partial charge in [0, 0.05) is 22.4 Å². The molecule has 0 saturated heterocycles. The van der Waals surface area contributed by atoms with Gasteiger partial charge in [-0.15, -0.1) is 0 Å². The Labute approximate surface area is 132 Å². The summed E-state index contributed by atoms with van der Waals surface area (Å²) < 4.78 is 28.6. The normalized spacial score (nSPS) is 13.1. The van der Waals surface area contributed by atoms with Crippen LogP contribution in [-0.4, -0.2) is 33.1 Å². The molecular weight excluding hydrogens is 310 g/mol. The average molecular weight is 334 g/mol. The number of ether oxygens (including phenoxy) is 1. The molecule has 120 valence electrons. The smallest absolute Gasteiger partial charge is 0.153 e. The van der Waals surface area contributed by atoms with Gasteiger partial charge in [0.1, 0.15) is 12.4 Å². The Balaban J connectivity index is 2.77. The number of sulfone groups is 1. The summed E-state index contributed by atoms with van der Waals surface area (Å²) in [6.45, 7) is 6.84. The molecule has 0 bridgehead atoms. The molecule has 0 fully saturated rings. The van der Waals surface area contributed by atoms with Crippen molar-refractivity contribution in [2.45, 2.75) is 33.2 Å². The molecule has 1 rings (SSSR count). The van der Waals surface area contributed by atoms with Gasteiger partial charge >= 0.3 is 0 Å². The van der Waals surface area contributed by atoms with E-state index in [9.17, 15) is 8.42 Å². The van der Waals surface area contributed by atoms with E-state index in [1.807, 2.05) is 13.0 Å². The van der Waals surface area contributed by atoms with Crippen LogP contribution in [0.15, 0.2) is 18.2 Å². The fourth-order valence-corrected chi connectivity index (χ4v) is 2.69. The largest absolute Gasteiger partial charge is 0.492 e. The maximum Gasteiger partial charge on any atom is 0.153 e. The Morgan fingerprint density at radius 2 is 2.05 bits per heavy atom. The molecule has 0 saturated carbocycles. The summed E-state index contributed by atoms with van der Waals surface area (Å²) in [6, 6.07) is 5.50. The summed E-state index contributed by atoms with van der Waals surface area (Å²) in [5.74, 6) is 0.850. The average Bonchev–Trinajstić information content (AvgIpc) is 2.46. The van der Waals surface area contributed by atoms with Crippen molar-refractivity contribution >= 4 is 21.4 Å². The fraction of sp³-hybridized carbons (Fsp3) is 0.600. The minimum Gasteiger partial charge on any atom is -0.492 e. The van der Waals surface area contributed by atoms with Gasteiger partial charge in [0.2, 0.25) is 0 Å². The lowest BCUT2D eigenvalue weighted by Crippen LogP contribution is -2.21. The summed E-state index contributed by atoms with van der Waals surface area (Å²) in [4.78, 5) is 0. The zero-order valence-electron chi connectivity index (χ0n) is 12.9. The maximum absolute atomic E-state index is 11.5. The summed E-state index contributed by atoms with van der Waals surface area (Å²) >= 11 is 6.04. The van der Waals surface area contributed by atoms with Crippen LogP contribution in [0.25, 0.3) is 0 Å². The molecule has 1 atom stereocenters. The third-order valence-electron chi connectivity index (χ3n) is 3.23. The molecule has 0 amide bonds. The number of hydrogen-bond acceptors (Lipinski definition) is 4. The van der Waals surface area contributed by atoms with Gasteiger partial charge in [-0.25, -0.2) is 8.42 Å². The molecule has 0 aliphatic carbocycles. The van der Waals surface area contributed by atoms with Gasteiger partial charge in [0.25, 0.3) is 0 Å². The van der Waals surface area contributed by atoms with Crippen molar-refractivity contribution in [2.24, 2.45) is 0 Å². The van der Waals surface area contributed by atoms with E-state index in [2.05, 4.69) is 12.2 Å². The van der Waals surface area contributed by atoms with Crippen molar-refractivity contribution in [3.8, 4) is 5.75 Å². The van der Waals surface area contributed by atoms with Crippen LogP contribution in [0.5, 0.6) is 5.75 Å². The first kappa shape index (κ1) is 18.3. The molecule has 1 aromatic rings. The molecule has 6 heteroatoms. The highest BCUT2D eigenvalue weighted by Crippen LogP contribution is 2.28. The van der Waals surface area contributed by atoms with E-state index >= 15 is 0 Å². The highest BCUT2D eigenvalue weighted by molar-refractivity contribution is 7.91. The topological polar surface area (TPSA) is 55.4 Å². The zero-order chi connectivity index (χ0) is 15.9. The molecule has 1 aromatic carbocycles. The summed E-state index contributed by atoms with van der Waals surface area (Å²) in [7, 11) is -3.01. The molecule has 4 nitrogen and oxygen atoms in total. The summed E-state index contributed by atoms with van der Waals surface area (Å²) in [6.07, 6.45) is 1.04. The predicted molar refractivity (Wildman–Crippen MR) is 88.0 cm³/mol. The molecule has 0 aromatic heterocycles. The van der Waals surface area contributed by atoms with Crippen LogP contribution in [0, 0.1) is 0 Å². The molecule has 0 heterocycles. The first-order valence-corrected chi connectivity index (χ1v) is 9.45. The van der Waals surface area contributed by atoms with Crippen LogP contribution >= 0.6 is 11.6 Å². The van der Waals surface area contributed by atoms with Crippen molar-refractivity contribution in [3.63, 3.8) is 0 Å². The van der Waals surface area contributed by atoms with Crippen LogP contribution < -0.4 is 10.1 Å². The van der Waals surface area contributed by atoms with E-state index in [4.69, 9.17) is 16.3 Å². The fourth-order valence-electron chi connectivity index (χ4n) is 1.88. The maximum atomic E-state index is 11.5. The summed E-state index contributed by atoms with van der Waals surface area (Å²) in [5.41, 5.74) is 0.949. The lowest BCUT2D eigenvalue weighted by molar-refractivity contribution is 0.333. The minimum atomic E-state index is -3.01. The standard InChI is InChI=1S/C15H24ClNO3S/c1-4-8-17-12(3)14-11-13(16)6-7-15(14)20-9-10-21(18,19)5-2/h6-7,11-12,17H,4-5,8-10H2,1-3H3. The highest BCUT2D eigenvalue weighted by Gasteiger charge is 2.13. The van der Waals surface area contributed by atoms with E-state index in [1.165, 1.54) is 0 Å². The Hall–Kier alpha value is -0.780. The van der Waals surface area contributed by atoms with Crippen LogP contribution in [0.2, 0.25) is 5.02 Å². The van der Waals surface area contributed by atoms with Crippen LogP contribution in [-0.2, 0) is 9.84 Å². The SMILES string of the molecule is CCCNC(C)c1cc(Cl)ccc1OCCS(=O)(=O)CC. The Morgan fingerprint density at radius 1 is 1.33 bits per heavy atom. The Bertz CT molecular complexity index is 546. The van der Waals surface area contributed by atoms with Gasteiger partial charge in [-0.2, -0.15) is 0 Å².